The standard InChI is InChI=1S/C42H85NO4/c1-3-5-7-9-11-13-15-17-18-19-20-21-22-23-25-26-28-30-32-34-36-40(45)42(47)39(38-44)43-41(46)37-35-33-31-29-27-24-16-14-12-10-8-6-4-2/h39-40,42,44-45,47H,3-38H2,1-2H3,(H,43,46)/t39-,40+,42-/m0/s1. The zero-order chi connectivity index (χ0) is 34.5. The summed E-state index contributed by atoms with van der Waals surface area (Å²) in [4.78, 5) is 12.4. The van der Waals surface area contributed by atoms with E-state index in [4.69, 9.17) is 0 Å². The van der Waals surface area contributed by atoms with E-state index in [1.54, 1.807) is 0 Å². The molecule has 5 heteroatoms. The number of carbonyl (C=O) groups is 1. The van der Waals surface area contributed by atoms with E-state index in [2.05, 4.69) is 19.2 Å². The average Bonchev–Trinajstić information content (AvgIpc) is 3.07. The Bertz CT molecular complexity index is 615. The van der Waals surface area contributed by atoms with Crippen LogP contribution >= 0.6 is 0 Å². The van der Waals surface area contributed by atoms with Crippen LogP contribution in [0.2, 0.25) is 0 Å². The van der Waals surface area contributed by atoms with Gasteiger partial charge >= 0.3 is 0 Å². The van der Waals surface area contributed by atoms with E-state index >= 15 is 0 Å². The highest BCUT2D eigenvalue weighted by Gasteiger charge is 2.26. The van der Waals surface area contributed by atoms with Crippen LogP contribution in [-0.2, 0) is 4.79 Å². The zero-order valence-electron chi connectivity index (χ0n) is 31.9. The van der Waals surface area contributed by atoms with Crippen LogP contribution in [-0.4, -0.2) is 46.1 Å². The molecular formula is C42H85NO4. The van der Waals surface area contributed by atoms with Crippen LogP contribution in [0.15, 0.2) is 0 Å². The fourth-order valence-electron chi connectivity index (χ4n) is 6.87. The molecule has 0 aromatic rings. The van der Waals surface area contributed by atoms with Gasteiger partial charge < -0.3 is 20.6 Å². The van der Waals surface area contributed by atoms with E-state index in [9.17, 15) is 20.1 Å². The maximum absolute atomic E-state index is 12.4. The summed E-state index contributed by atoms with van der Waals surface area (Å²) in [6, 6.07) is -0.801. The third-order valence-electron chi connectivity index (χ3n) is 10.2. The lowest BCUT2D eigenvalue weighted by Gasteiger charge is -2.26. The fraction of sp³-hybridized carbons (Fsp3) is 0.976. The maximum atomic E-state index is 12.4. The summed E-state index contributed by atoms with van der Waals surface area (Å²) in [7, 11) is 0. The molecule has 1 amide bonds. The Labute approximate surface area is 294 Å². The highest BCUT2D eigenvalue weighted by Crippen LogP contribution is 2.17. The van der Waals surface area contributed by atoms with Gasteiger partial charge in [-0.3, -0.25) is 4.79 Å². The molecule has 0 saturated heterocycles. The summed E-state index contributed by atoms with van der Waals surface area (Å²) in [6.07, 6.45) is 42.0. The maximum Gasteiger partial charge on any atom is 0.220 e. The summed E-state index contributed by atoms with van der Waals surface area (Å²) in [5, 5.41) is 33.5. The van der Waals surface area contributed by atoms with Crippen molar-refractivity contribution in [1.82, 2.24) is 5.32 Å². The van der Waals surface area contributed by atoms with Crippen LogP contribution in [0.4, 0.5) is 0 Å². The second kappa shape index (κ2) is 38.2. The molecule has 0 aliphatic rings. The Morgan fingerprint density at radius 1 is 0.447 bits per heavy atom. The number of carbonyl (C=O) groups excluding carboxylic acids is 1. The summed E-state index contributed by atoms with van der Waals surface area (Å²) in [6.45, 7) is 4.19. The number of rotatable bonds is 39. The van der Waals surface area contributed by atoms with Gasteiger partial charge in [-0.05, 0) is 12.8 Å². The molecule has 0 spiro atoms. The lowest BCUT2D eigenvalue weighted by Crippen LogP contribution is -2.50. The van der Waals surface area contributed by atoms with Crippen LogP contribution < -0.4 is 5.32 Å². The van der Waals surface area contributed by atoms with Gasteiger partial charge in [0.25, 0.3) is 0 Å². The fourth-order valence-corrected chi connectivity index (χ4v) is 6.87. The lowest BCUT2D eigenvalue weighted by atomic mass is 9.99. The van der Waals surface area contributed by atoms with Crippen molar-refractivity contribution in [2.45, 2.75) is 257 Å². The molecule has 0 heterocycles. The predicted octanol–water partition coefficient (Wildman–Crippen LogP) is 11.9. The molecule has 3 atom stereocenters. The molecule has 0 aromatic heterocycles. The molecule has 0 rings (SSSR count). The number of aliphatic hydroxyl groups excluding tert-OH is 3. The number of nitrogens with one attached hydrogen (secondary N) is 1. The van der Waals surface area contributed by atoms with Gasteiger partial charge in [-0.25, -0.2) is 0 Å². The normalized spacial score (nSPS) is 13.6. The number of aliphatic hydroxyl groups is 3. The predicted molar refractivity (Wildman–Crippen MR) is 204 cm³/mol. The van der Waals surface area contributed by atoms with Gasteiger partial charge in [-0.1, -0.05) is 219 Å². The van der Waals surface area contributed by atoms with Gasteiger partial charge in [0.05, 0.1) is 18.8 Å². The Hall–Kier alpha value is -0.650. The Morgan fingerprint density at radius 3 is 1.02 bits per heavy atom. The minimum Gasteiger partial charge on any atom is -0.394 e. The molecule has 0 bridgehead atoms. The largest absolute Gasteiger partial charge is 0.394 e. The van der Waals surface area contributed by atoms with E-state index in [0.717, 1.165) is 32.1 Å². The third kappa shape index (κ3) is 33.6. The van der Waals surface area contributed by atoms with Crippen molar-refractivity contribution in [2.75, 3.05) is 6.61 Å². The number of amides is 1. The van der Waals surface area contributed by atoms with Crippen LogP contribution in [0, 0.1) is 0 Å². The van der Waals surface area contributed by atoms with E-state index in [-0.39, 0.29) is 12.5 Å². The number of hydrogen-bond donors (Lipinski definition) is 4. The van der Waals surface area contributed by atoms with Crippen LogP contribution in [0.3, 0.4) is 0 Å². The van der Waals surface area contributed by atoms with Gasteiger partial charge in [-0.2, -0.15) is 0 Å². The molecule has 282 valence electrons. The first-order valence-corrected chi connectivity index (χ1v) is 21.3. The van der Waals surface area contributed by atoms with Crippen LogP contribution in [0.1, 0.15) is 239 Å². The van der Waals surface area contributed by atoms with Crippen molar-refractivity contribution < 1.29 is 20.1 Å². The molecule has 0 saturated carbocycles. The van der Waals surface area contributed by atoms with Gasteiger partial charge in [0.1, 0.15) is 6.10 Å². The van der Waals surface area contributed by atoms with Gasteiger partial charge in [0.15, 0.2) is 0 Å². The smallest absolute Gasteiger partial charge is 0.220 e. The first-order chi connectivity index (χ1) is 23.1. The molecule has 0 aliphatic carbocycles. The lowest BCUT2D eigenvalue weighted by molar-refractivity contribution is -0.124. The minimum atomic E-state index is -1.13. The van der Waals surface area contributed by atoms with Crippen LogP contribution in [0.5, 0.6) is 0 Å². The van der Waals surface area contributed by atoms with E-state index in [1.807, 2.05) is 0 Å². The molecule has 47 heavy (non-hydrogen) atoms. The van der Waals surface area contributed by atoms with Crippen molar-refractivity contribution in [3.63, 3.8) is 0 Å². The van der Waals surface area contributed by atoms with Crippen molar-refractivity contribution in [2.24, 2.45) is 0 Å². The summed E-state index contributed by atoms with van der Waals surface area (Å²) >= 11 is 0. The molecule has 4 N–H and O–H groups in total. The van der Waals surface area contributed by atoms with Gasteiger partial charge in [-0.15, -0.1) is 0 Å². The van der Waals surface area contributed by atoms with E-state index < -0.39 is 18.2 Å². The Morgan fingerprint density at radius 2 is 0.723 bits per heavy atom. The zero-order valence-corrected chi connectivity index (χ0v) is 31.9. The second-order valence-electron chi connectivity index (χ2n) is 14.9. The van der Waals surface area contributed by atoms with Crippen molar-refractivity contribution >= 4 is 5.91 Å². The van der Waals surface area contributed by atoms with Crippen molar-refractivity contribution in [3.8, 4) is 0 Å². The number of unbranched alkanes of at least 4 members (excludes halogenated alkanes) is 31. The summed E-state index contributed by atoms with van der Waals surface area (Å²) < 4.78 is 0. The highest BCUT2D eigenvalue weighted by atomic mass is 16.3. The highest BCUT2D eigenvalue weighted by molar-refractivity contribution is 5.76. The molecule has 0 fully saturated rings. The summed E-state index contributed by atoms with van der Waals surface area (Å²) in [5.74, 6) is -0.142. The molecule has 5 nitrogen and oxygen atoms in total. The molecule has 0 unspecified atom stereocenters. The Balaban J connectivity index is 3.58. The molecule has 0 aliphatic heterocycles. The molecular weight excluding hydrogens is 582 g/mol. The average molecular weight is 668 g/mol. The second-order valence-corrected chi connectivity index (χ2v) is 14.9. The molecule has 0 aromatic carbocycles. The minimum absolute atomic E-state index is 0.142. The summed E-state index contributed by atoms with van der Waals surface area (Å²) in [5.41, 5.74) is 0. The topological polar surface area (TPSA) is 89.8 Å². The van der Waals surface area contributed by atoms with Gasteiger partial charge in [0, 0.05) is 6.42 Å². The first kappa shape index (κ1) is 46.4. The van der Waals surface area contributed by atoms with E-state index in [0.29, 0.717) is 12.8 Å². The third-order valence-corrected chi connectivity index (χ3v) is 10.2. The van der Waals surface area contributed by atoms with Crippen molar-refractivity contribution in [1.29, 1.82) is 0 Å². The first-order valence-electron chi connectivity index (χ1n) is 21.3. The quantitative estimate of drug-likeness (QED) is 0.0491. The monoisotopic (exact) mass is 668 g/mol. The van der Waals surface area contributed by atoms with Gasteiger partial charge in [0.2, 0.25) is 5.91 Å². The Kier molecular flexibility index (Phi) is 37.6. The molecule has 0 radical (unpaired) electrons. The van der Waals surface area contributed by atoms with Crippen LogP contribution in [0.25, 0.3) is 0 Å². The number of hydrogen-bond acceptors (Lipinski definition) is 4. The van der Waals surface area contributed by atoms with Crippen molar-refractivity contribution in [3.05, 3.63) is 0 Å². The SMILES string of the molecule is CCCCCCCCCCCCCCCCCCCCCC[C@@H](O)[C@@H](O)[C@H](CO)NC(=O)CCCCCCCCCCCCCCC. The van der Waals surface area contributed by atoms with E-state index in [1.165, 1.54) is 180 Å².